The van der Waals surface area contributed by atoms with E-state index in [2.05, 4.69) is 27.8 Å². The molecule has 1 rings (SSSR count). The van der Waals surface area contributed by atoms with Gasteiger partial charge in [0.1, 0.15) is 23.0 Å². The number of hydrogen-bond acceptors (Lipinski definition) is 10. The molecule has 14 nitrogen and oxygen atoms in total. The molecule has 4 amide bonds. The molecule has 0 aromatic heterocycles. The fourth-order valence-corrected chi connectivity index (χ4v) is 4.05. The van der Waals surface area contributed by atoms with Gasteiger partial charge in [-0.3, -0.25) is 33.7 Å². The van der Waals surface area contributed by atoms with Crippen LogP contribution < -0.4 is 21.3 Å². The molecule has 4 N–H and O–H groups in total. The van der Waals surface area contributed by atoms with Crippen LogP contribution in [0.15, 0.2) is 12.7 Å². The first-order valence-electron chi connectivity index (χ1n) is 15.2. The van der Waals surface area contributed by atoms with E-state index in [0.717, 1.165) is 6.08 Å². The Morgan fingerprint density at radius 1 is 0.727 bits per heavy atom. The molecule has 0 radical (unpaired) electrons. The van der Waals surface area contributed by atoms with Crippen LogP contribution in [-0.2, 0) is 33.5 Å². The van der Waals surface area contributed by atoms with Gasteiger partial charge >= 0.3 is 6.09 Å². The van der Waals surface area contributed by atoms with Gasteiger partial charge < -0.3 is 30.9 Å². The van der Waals surface area contributed by atoms with Crippen molar-refractivity contribution in [3.05, 3.63) is 12.7 Å². The van der Waals surface area contributed by atoms with Gasteiger partial charge in [-0.15, -0.1) is 0 Å². The third kappa shape index (κ3) is 19.5. The molecule has 0 aromatic rings. The molecule has 1 heterocycles. The molecule has 1 saturated heterocycles. The van der Waals surface area contributed by atoms with Crippen molar-refractivity contribution < 1.29 is 38.3 Å². The highest BCUT2D eigenvalue weighted by Gasteiger charge is 2.24. The lowest BCUT2D eigenvalue weighted by atomic mass is 10.1. The monoisotopic (exact) mass is 622 g/mol. The van der Waals surface area contributed by atoms with Crippen LogP contribution in [0.1, 0.15) is 65.7 Å². The van der Waals surface area contributed by atoms with Gasteiger partial charge in [0.05, 0.1) is 6.54 Å². The Labute approximate surface area is 260 Å². The number of nitrogens with one attached hydrogen (secondary N) is 4. The van der Waals surface area contributed by atoms with Crippen LogP contribution in [0.3, 0.4) is 0 Å². The summed E-state index contributed by atoms with van der Waals surface area (Å²) < 4.78 is 5.43. The molecule has 1 aliphatic rings. The van der Waals surface area contributed by atoms with Gasteiger partial charge in [-0.25, -0.2) is 4.79 Å². The van der Waals surface area contributed by atoms with E-state index in [4.69, 9.17) is 4.74 Å². The lowest BCUT2D eigenvalue weighted by Crippen LogP contribution is -2.41. The number of Topliss-reactive ketones (excluding diaryl/α,β-unsaturated/α-hetero) is 3. The fourth-order valence-electron chi connectivity index (χ4n) is 4.05. The number of carbonyl (C=O) groups excluding carboxylic acids is 7. The Hall–Kier alpha value is -3.65. The van der Waals surface area contributed by atoms with Crippen LogP contribution in [0.4, 0.5) is 4.79 Å². The van der Waals surface area contributed by atoms with E-state index in [9.17, 15) is 33.6 Å². The first-order chi connectivity index (χ1) is 20.8. The van der Waals surface area contributed by atoms with Crippen molar-refractivity contribution in [1.29, 1.82) is 0 Å². The number of ketones is 3. The molecule has 0 aromatic carbocycles. The molecular formula is C30H50N6O8. The van der Waals surface area contributed by atoms with Gasteiger partial charge in [0.15, 0.2) is 0 Å². The molecule has 0 bridgehead atoms. The zero-order valence-corrected chi connectivity index (χ0v) is 26.5. The average molecular weight is 623 g/mol. The normalized spacial score (nSPS) is 16.3. The van der Waals surface area contributed by atoms with Crippen LogP contribution in [0.2, 0.25) is 0 Å². The highest BCUT2D eigenvalue weighted by atomic mass is 16.6. The van der Waals surface area contributed by atoms with Gasteiger partial charge in [0.25, 0.3) is 0 Å². The number of ether oxygens (including phenoxy) is 1. The first kappa shape index (κ1) is 38.4. The molecule has 248 valence electrons. The molecule has 0 unspecified atom stereocenters. The maximum atomic E-state index is 12.7. The molecule has 0 aliphatic carbocycles. The predicted molar refractivity (Wildman–Crippen MR) is 164 cm³/mol. The maximum absolute atomic E-state index is 12.7. The van der Waals surface area contributed by atoms with Crippen molar-refractivity contribution in [2.75, 3.05) is 65.4 Å². The third-order valence-electron chi connectivity index (χ3n) is 6.52. The van der Waals surface area contributed by atoms with Crippen LogP contribution >= 0.6 is 0 Å². The van der Waals surface area contributed by atoms with Gasteiger partial charge in [0.2, 0.25) is 17.7 Å². The zero-order chi connectivity index (χ0) is 33.0. The molecule has 14 heteroatoms. The van der Waals surface area contributed by atoms with Crippen molar-refractivity contribution in [2.24, 2.45) is 0 Å². The Morgan fingerprint density at radius 2 is 1.23 bits per heavy atom. The predicted octanol–water partition coefficient (Wildman–Crippen LogP) is 0.101. The Morgan fingerprint density at radius 3 is 1.80 bits per heavy atom. The summed E-state index contributed by atoms with van der Waals surface area (Å²) in [5.74, 6) is -1.10. The van der Waals surface area contributed by atoms with E-state index < -0.39 is 11.7 Å². The molecule has 1 fully saturated rings. The number of hydrogen-bond donors (Lipinski definition) is 4. The highest BCUT2D eigenvalue weighted by molar-refractivity contribution is 5.87. The van der Waals surface area contributed by atoms with Crippen molar-refractivity contribution in [3.8, 4) is 0 Å². The number of carbonyl (C=O) groups is 7. The Bertz CT molecular complexity index is 1010. The topological polar surface area (TPSA) is 183 Å². The molecule has 44 heavy (non-hydrogen) atoms. The fraction of sp³-hybridized carbons (Fsp3) is 0.700. The second kappa shape index (κ2) is 21.1. The molecule has 0 spiro atoms. The minimum atomic E-state index is -0.727. The summed E-state index contributed by atoms with van der Waals surface area (Å²) in [6.07, 6.45) is 1.41. The van der Waals surface area contributed by atoms with E-state index in [1.54, 1.807) is 25.7 Å². The minimum absolute atomic E-state index is 0.00563. The SMILES string of the molecule is C=CC(=O)NCCNC(=O)CCNCCNC(=O)CN1CCC(=O)CCC(=O)CCN(C(=O)OC(C)(C)C)CCC(=O)CC1. The minimum Gasteiger partial charge on any atom is -0.444 e. The summed E-state index contributed by atoms with van der Waals surface area (Å²) in [6.45, 7) is 11.1. The second-order valence-electron chi connectivity index (χ2n) is 11.6. The van der Waals surface area contributed by atoms with Crippen LogP contribution in [0.5, 0.6) is 0 Å². The average Bonchev–Trinajstić information content (AvgIpc) is 2.96. The van der Waals surface area contributed by atoms with Crippen molar-refractivity contribution in [2.45, 2.75) is 71.3 Å². The summed E-state index contributed by atoms with van der Waals surface area (Å²) in [4.78, 5) is 88.7. The van der Waals surface area contributed by atoms with Crippen molar-refractivity contribution >= 4 is 41.2 Å². The van der Waals surface area contributed by atoms with E-state index in [0.29, 0.717) is 32.7 Å². The summed E-state index contributed by atoms with van der Waals surface area (Å²) >= 11 is 0. The second-order valence-corrected chi connectivity index (χ2v) is 11.6. The van der Waals surface area contributed by atoms with Gasteiger partial charge in [-0.2, -0.15) is 0 Å². The zero-order valence-electron chi connectivity index (χ0n) is 26.5. The smallest absolute Gasteiger partial charge is 0.410 e. The van der Waals surface area contributed by atoms with Crippen LogP contribution in [0.25, 0.3) is 0 Å². The number of nitrogens with zero attached hydrogens (tertiary/aromatic N) is 2. The molecular weight excluding hydrogens is 572 g/mol. The van der Waals surface area contributed by atoms with Gasteiger partial charge in [0, 0.05) is 104 Å². The van der Waals surface area contributed by atoms with E-state index in [1.807, 2.05) is 0 Å². The number of amides is 4. The van der Waals surface area contributed by atoms with Gasteiger partial charge in [-0.1, -0.05) is 6.58 Å². The van der Waals surface area contributed by atoms with Crippen molar-refractivity contribution in [3.63, 3.8) is 0 Å². The first-order valence-corrected chi connectivity index (χ1v) is 15.2. The third-order valence-corrected chi connectivity index (χ3v) is 6.52. The summed E-state index contributed by atoms with van der Waals surface area (Å²) in [5.41, 5.74) is -0.727. The summed E-state index contributed by atoms with van der Waals surface area (Å²) in [5, 5.41) is 11.1. The number of rotatable bonds is 12. The lowest BCUT2D eigenvalue weighted by molar-refractivity contribution is -0.125. The highest BCUT2D eigenvalue weighted by Crippen LogP contribution is 2.12. The summed E-state index contributed by atoms with van der Waals surface area (Å²) in [6, 6.07) is 0. The van der Waals surface area contributed by atoms with E-state index in [-0.39, 0.29) is 113 Å². The van der Waals surface area contributed by atoms with E-state index >= 15 is 0 Å². The van der Waals surface area contributed by atoms with Crippen LogP contribution in [0, 0.1) is 0 Å². The Kier molecular flexibility index (Phi) is 18.4. The maximum Gasteiger partial charge on any atom is 0.410 e. The van der Waals surface area contributed by atoms with E-state index in [1.165, 1.54) is 4.90 Å². The summed E-state index contributed by atoms with van der Waals surface area (Å²) in [7, 11) is 0. The lowest BCUT2D eigenvalue weighted by Gasteiger charge is -2.27. The Balaban J connectivity index is 2.51. The molecule has 1 aliphatic heterocycles. The van der Waals surface area contributed by atoms with Crippen LogP contribution in [-0.4, -0.2) is 122 Å². The largest absolute Gasteiger partial charge is 0.444 e. The molecule has 0 atom stereocenters. The van der Waals surface area contributed by atoms with Gasteiger partial charge in [-0.05, 0) is 26.8 Å². The quantitative estimate of drug-likeness (QED) is 0.172. The standard InChI is InChI=1S/C30H50N6O8/c1-5-26(40)32-16-17-33-27(41)8-13-31-14-15-34-28(42)22-35-18-9-23(37)6-7-24(38)11-20-36(21-12-25(39)10-19-35)29(43)44-30(2,3)4/h5,31H,1,6-22H2,2-4H3,(H,32,40)(H,33,41)(H,34,42). The van der Waals surface area contributed by atoms with Crippen molar-refractivity contribution in [1.82, 2.24) is 31.1 Å². The molecule has 0 saturated carbocycles.